The highest BCUT2D eigenvalue weighted by molar-refractivity contribution is 5.92. The average Bonchev–Trinajstić information content (AvgIpc) is 2.72. The lowest BCUT2D eigenvalue weighted by molar-refractivity contribution is 0.174. The molecule has 2 rings (SSSR count). The van der Waals surface area contributed by atoms with Gasteiger partial charge < -0.3 is 20.7 Å². The van der Waals surface area contributed by atoms with Crippen molar-refractivity contribution < 1.29 is 5.11 Å². The molecule has 1 atom stereocenters. The minimum atomic E-state index is -0.376. The summed E-state index contributed by atoms with van der Waals surface area (Å²) in [6.07, 6.45) is 2.23. The van der Waals surface area contributed by atoms with Crippen LogP contribution >= 0.6 is 0 Å². The van der Waals surface area contributed by atoms with Crippen LogP contribution in [0.2, 0.25) is 0 Å². The van der Waals surface area contributed by atoms with Crippen LogP contribution < -0.4 is 10.6 Å². The highest BCUT2D eigenvalue weighted by atomic mass is 16.3. The third-order valence-electron chi connectivity index (χ3n) is 2.96. The second-order valence-electron chi connectivity index (χ2n) is 4.33. The summed E-state index contributed by atoms with van der Waals surface area (Å²) in [7, 11) is 1.98. The Kier molecular flexibility index (Phi) is 3.66. The molecule has 17 heavy (non-hydrogen) atoms. The fraction of sp³-hybridized carbons (Fsp3) is 0.385. The maximum Gasteiger partial charge on any atom is 0.0727 e. The lowest BCUT2D eigenvalue weighted by Crippen LogP contribution is -2.30. The number of hydrogen-bond donors (Lipinski definition) is 3. The van der Waals surface area contributed by atoms with Gasteiger partial charge in [-0.15, -0.1) is 0 Å². The number of nitrogens with two attached hydrogens (primary N) is 1. The number of aromatic amines is 1. The SMILES string of the molecule is CN(CC(O)CCN)c1c[nH]c2ccccc12. The Morgan fingerprint density at radius 3 is 2.94 bits per heavy atom. The molecular weight excluding hydrogens is 214 g/mol. The number of anilines is 1. The van der Waals surface area contributed by atoms with Gasteiger partial charge in [0, 0.05) is 30.7 Å². The van der Waals surface area contributed by atoms with Gasteiger partial charge in [-0.1, -0.05) is 18.2 Å². The summed E-state index contributed by atoms with van der Waals surface area (Å²) in [5.41, 5.74) is 7.65. The van der Waals surface area contributed by atoms with Gasteiger partial charge in [0.25, 0.3) is 0 Å². The van der Waals surface area contributed by atoms with Crippen LogP contribution in [-0.4, -0.2) is 36.3 Å². The maximum atomic E-state index is 9.76. The predicted molar refractivity (Wildman–Crippen MR) is 71.2 cm³/mol. The van der Waals surface area contributed by atoms with Crippen LogP contribution in [0.5, 0.6) is 0 Å². The van der Waals surface area contributed by atoms with Crippen LogP contribution in [0.25, 0.3) is 10.9 Å². The molecule has 4 nitrogen and oxygen atoms in total. The topological polar surface area (TPSA) is 65.3 Å². The average molecular weight is 233 g/mol. The molecule has 0 bridgehead atoms. The van der Waals surface area contributed by atoms with Gasteiger partial charge in [0.05, 0.1) is 11.8 Å². The minimum Gasteiger partial charge on any atom is -0.391 e. The summed E-state index contributed by atoms with van der Waals surface area (Å²) in [4.78, 5) is 5.28. The van der Waals surface area contributed by atoms with E-state index in [0.29, 0.717) is 19.5 Å². The molecule has 1 heterocycles. The van der Waals surface area contributed by atoms with Gasteiger partial charge in [0.1, 0.15) is 0 Å². The first-order valence-electron chi connectivity index (χ1n) is 5.87. The fourth-order valence-corrected chi connectivity index (χ4v) is 2.07. The number of aromatic nitrogens is 1. The maximum absolute atomic E-state index is 9.76. The molecule has 2 aromatic rings. The van der Waals surface area contributed by atoms with Crippen LogP contribution in [0.3, 0.4) is 0 Å². The monoisotopic (exact) mass is 233 g/mol. The molecule has 0 fully saturated rings. The molecule has 0 amide bonds. The van der Waals surface area contributed by atoms with E-state index in [4.69, 9.17) is 5.73 Å². The van der Waals surface area contributed by atoms with Crippen molar-refractivity contribution in [2.24, 2.45) is 5.73 Å². The van der Waals surface area contributed by atoms with E-state index in [0.717, 1.165) is 11.2 Å². The molecule has 0 saturated heterocycles. The minimum absolute atomic E-state index is 0.376. The Labute approximate surface area is 101 Å². The molecule has 1 aromatic heterocycles. The third kappa shape index (κ3) is 2.60. The Hall–Kier alpha value is -1.52. The molecule has 0 saturated carbocycles. The van der Waals surface area contributed by atoms with E-state index in [2.05, 4.69) is 16.0 Å². The smallest absolute Gasteiger partial charge is 0.0727 e. The van der Waals surface area contributed by atoms with Gasteiger partial charge >= 0.3 is 0 Å². The highest BCUT2D eigenvalue weighted by Crippen LogP contribution is 2.25. The second-order valence-corrected chi connectivity index (χ2v) is 4.33. The van der Waals surface area contributed by atoms with E-state index in [1.54, 1.807) is 0 Å². The standard InChI is InChI=1S/C13H19N3O/c1-16(9-10(17)6-7-14)13-8-15-12-5-3-2-4-11(12)13/h2-5,8,10,15,17H,6-7,9,14H2,1H3. The van der Waals surface area contributed by atoms with E-state index in [1.807, 2.05) is 31.4 Å². The van der Waals surface area contributed by atoms with Crippen molar-refractivity contribution in [3.63, 3.8) is 0 Å². The first kappa shape index (κ1) is 12.0. The fourth-order valence-electron chi connectivity index (χ4n) is 2.07. The van der Waals surface area contributed by atoms with E-state index >= 15 is 0 Å². The van der Waals surface area contributed by atoms with Crippen molar-refractivity contribution >= 4 is 16.6 Å². The summed E-state index contributed by atoms with van der Waals surface area (Å²) in [5.74, 6) is 0. The molecule has 0 aliphatic carbocycles. The number of aliphatic hydroxyl groups excluding tert-OH is 1. The normalized spacial score (nSPS) is 12.9. The molecule has 4 N–H and O–H groups in total. The van der Waals surface area contributed by atoms with Gasteiger partial charge in [-0.05, 0) is 19.0 Å². The first-order chi connectivity index (χ1) is 8.22. The molecule has 0 aliphatic heterocycles. The van der Waals surface area contributed by atoms with Gasteiger partial charge in [0.15, 0.2) is 0 Å². The molecule has 0 aliphatic rings. The third-order valence-corrected chi connectivity index (χ3v) is 2.96. The summed E-state index contributed by atoms with van der Waals surface area (Å²) < 4.78 is 0. The summed E-state index contributed by atoms with van der Waals surface area (Å²) in [6, 6.07) is 8.14. The predicted octanol–water partition coefficient (Wildman–Crippen LogP) is 1.31. The number of benzene rings is 1. The number of nitrogens with zero attached hydrogens (tertiary/aromatic N) is 1. The number of rotatable bonds is 5. The molecule has 4 heteroatoms. The lowest BCUT2D eigenvalue weighted by atomic mass is 10.2. The van der Waals surface area contributed by atoms with Crippen molar-refractivity contribution in [3.8, 4) is 0 Å². The number of para-hydroxylation sites is 1. The largest absolute Gasteiger partial charge is 0.391 e. The zero-order valence-corrected chi connectivity index (χ0v) is 10.1. The van der Waals surface area contributed by atoms with E-state index in [-0.39, 0.29) is 6.10 Å². The first-order valence-corrected chi connectivity index (χ1v) is 5.87. The number of likely N-dealkylation sites (N-methyl/N-ethyl adjacent to an activating group) is 1. The molecule has 1 aromatic carbocycles. The Morgan fingerprint density at radius 2 is 2.18 bits per heavy atom. The summed E-state index contributed by atoms with van der Waals surface area (Å²) in [6.45, 7) is 1.11. The highest BCUT2D eigenvalue weighted by Gasteiger charge is 2.11. The Balaban J connectivity index is 2.16. The number of fused-ring (bicyclic) bond motifs is 1. The number of nitrogens with one attached hydrogen (secondary N) is 1. The van der Waals surface area contributed by atoms with E-state index < -0.39 is 0 Å². The number of hydrogen-bond acceptors (Lipinski definition) is 3. The van der Waals surface area contributed by atoms with Crippen LogP contribution in [0.4, 0.5) is 5.69 Å². The number of H-pyrrole nitrogens is 1. The van der Waals surface area contributed by atoms with Crippen LogP contribution in [0.1, 0.15) is 6.42 Å². The van der Waals surface area contributed by atoms with Crippen molar-refractivity contribution in [2.45, 2.75) is 12.5 Å². The molecular formula is C13H19N3O. The lowest BCUT2D eigenvalue weighted by Gasteiger charge is -2.21. The van der Waals surface area contributed by atoms with Gasteiger partial charge in [-0.25, -0.2) is 0 Å². The zero-order chi connectivity index (χ0) is 12.3. The Bertz CT molecular complexity index is 480. The molecule has 0 spiro atoms. The van der Waals surface area contributed by atoms with Crippen LogP contribution in [0.15, 0.2) is 30.5 Å². The van der Waals surface area contributed by atoms with Crippen molar-refractivity contribution in [3.05, 3.63) is 30.5 Å². The van der Waals surface area contributed by atoms with Crippen LogP contribution in [0, 0.1) is 0 Å². The van der Waals surface area contributed by atoms with Gasteiger partial charge in [-0.2, -0.15) is 0 Å². The van der Waals surface area contributed by atoms with Crippen LogP contribution in [-0.2, 0) is 0 Å². The molecule has 92 valence electrons. The zero-order valence-electron chi connectivity index (χ0n) is 10.1. The Morgan fingerprint density at radius 1 is 1.41 bits per heavy atom. The number of aliphatic hydroxyl groups is 1. The van der Waals surface area contributed by atoms with Crippen molar-refractivity contribution in [1.82, 2.24) is 4.98 Å². The van der Waals surface area contributed by atoms with E-state index in [1.165, 1.54) is 5.39 Å². The van der Waals surface area contributed by atoms with E-state index in [9.17, 15) is 5.11 Å². The molecule has 0 radical (unpaired) electrons. The molecule has 1 unspecified atom stereocenters. The summed E-state index contributed by atoms with van der Waals surface area (Å²) in [5, 5.41) is 10.9. The van der Waals surface area contributed by atoms with Crippen molar-refractivity contribution in [1.29, 1.82) is 0 Å². The quantitative estimate of drug-likeness (QED) is 0.729. The van der Waals surface area contributed by atoms with Crippen molar-refractivity contribution in [2.75, 3.05) is 25.0 Å². The second kappa shape index (κ2) is 5.21. The summed E-state index contributed by atoms with van der Waals surface area (Å²) >= 11 is 0. The van der Waals surface area contributed by atoms with Gasteiger partial charge in [0.2, 0.25) is 0 Å². The van der Waals surface area contributed by atoms with Gasteiger partial charge in [-0.3, -0.25) is 0 Å².